The van der Waals surface area contributed by atoms with Gasteiger partial charge in [0.15, 0.2) is 0 Å². The van der Waals surface area contributed by atoms with E-state index in [4.69, 9.17) is 4.74 Å². The van der Waals surface area contributed by atoms with Crippen LogP contribution in [0.15, 0.2) is 60.7 Å². The van der Waals surface area contributed by atoms with Crippen LogP contribution in [0.1, 0.15) is 23.2 Å². The van der Waals surface area contributed by atoms with Crippen LogP contribution in [0.3, 0.4) is 0 Å². The van der Waals surface area contributed by atoms with Crippen LogP contribution < -0.4 is 9.75 Å². The zero-order valence-electron chi connectivity index (χ0n) is 16.1. The molecule has 3 aromatic carbocycles. The highest BCUT2D eigenvalue weighted by molar-refractivity contribution is 6.01. The summed E-state index contributed by atoms with van der Waals surface area (Å²) in [5.41, 5.74) is 1.44. The molecule has 29 heavy (non-hydrogen) atoms. The Balaban J connectivity index is 1.75. The zero-order chi connectivity index (χ0) is 20.4. The Morgan fingerprint density at radius 1 is 0.966 bits per heavy atom. The number of nitro benzene ring substituents is 1. The third-order valence-electron chi connectivity index (χ3n) is 5.21. The van der Waals surface area contributed by atoms with E-state index in [0.29, 0.717) is 29.8 Å². The highest BCUT2D eigenvalue weighted by Gasteiger charge is 2.28. The van der Waals surface area contributed by atoms with Crippen LogP contribution in [0.25, 0.3) is 10.8 Å². The van der Waals surface area contributed by atoms with Crippen LogP contribution >= 0.6 is 0 Å². The van der Waals surface area contributed by atoms with E-state index in [1.54, 1.807) is 54.6 Å². The van der Waals surface area contributed by atoms with E-state index >= 15 is 0 Å². The van der Waals surface area contributed by atoms with Crippen LogP contribution in [0.5, 0.6) is 5.75 Å². The van der Waals surface area contributed by atoms with Gasteiger partial charge in [-0.1, -0.05) is 18.2 Å². The number of ether oxygens (including phenoxy) is 1. The molecular formula is C22H21N3O4. The summed E-state index contributed by atoms with van der Waals surface area (Å²) in [6, 6.07) is 17.5. The zero-order valence-corrected chi connectivity index (χ0v) is 16.1. The number of fused-ring (bicyclic) bond motifs is 1. The number of rotatable bonds is 4. The molecule has 1 fully saturated rings. The monoisotopic (exact) mass is 391 g/mol. The van der Waals surface area contributed by atoms with Gasteiger partial charge < -0.3 is 4.74 Å². The third kappa shape index (κ3) is 3.47. The number of carbonyl (C=O) groups is 1. The van der Waals surface area contributed by atoms with E-state index in [0.717, 1.165) is 23.9 Å². The Labute approximate surface area is 168 Å². The van der Waals surface area contributed by atoms with Gasteiger partial charge in [0, 0.05) is 30.1 Å². The molecule has 3 aromatic rings. The fourth-order valence-corrected chi connectivity index (χ4v) is 3.76. The Morgan fingerprint density at radius 3 is 2.34 bits per heavy atom. The molecule has 0 N–H and O–H groups in total. The highest BCUT2D eigenvalue weighted by Crippen LogP contribution is 2.35. The largest absolute Gasteiger partial charge is 0.497 e. The first kappa shape index (κ1) is 18.7. The average molecular weight is 391 g/mol. The van der Waals surface area contributed by atoms with Crippen molar-refractivity contribution in [2.24, 2.45) is 0 Å². The minimum absolute atomic E-state index is 0.0643. The van der Waals surface area contributed by atoms with Gasteiger partial charge >= 0.3 is 0 Å². The number of amides is 1. The molecule has 0 atom stereocenters. The van der Waals surface area contributed by atoms with Gasteiger partial charge in [-0.2, -0.15) is 0 Å². The first-order valence-electron chi connectivity index (χ1n) is 9.49. The average Bonchev–Trinajstić information content (AvgIpc) is 2.78. The van der Waals surface area contributed by atoms with E-state index in [1.807, 2.05) is 17.1 Å². The number of anilines is 1. The van der Waals surface area contributed by atoms with Crippen molar-refractivity contribution >= 4 is 28.1 Å². The lowest BCUT2D eigenvalue weighted by atomic mass is 10.1. The minimum atomic E-state index is -0.372. The van der Waals surface area contributed by atoms with Gasteiger partial charge in [0.25, 0.3) is 11.6 Å². The van der Waals surface area contributed by atoms with E-state index in [-0.39, 0.29) is 16.5 Å². The molecule has 7 nitrogen and oxygen atoms in total. The van der Waals surface area contributed by atoms with Crippen molar-refractivity contribution in [2.75, 3.05) is 25.2 Å². The van der Waals surface area contributed by atoms with E-state index < -0.39 is 0 Å². The molecule has 1 saturated heterocycles. The van der Waals surface area contributed by atoms with E-state index in [1.165, 1.54) is 6.07 Å². The number of benzene rings is 3. The first-order valence-corrected chi connectivity index (χ1v) is 9.49. The minimum Gasteiger partial charge on any atom is -0.497 e. The fraction of sp³-hybridized carbons (Fsp3) is 0.227. The number of nitrogens with zero attached hydrogens (tertiary/aromatic N) is 3. The molecule has 4 rings (SSSR count). The molecule has 1 aliphatic heterocycles. The van der Waals surface area contributed by atoms with E-state index in [9.17, 15) is 14.9 Å². The Bertz CT molecular complexity index is 1070. The van der Waals surface area contributed by atoms with Gasteiger partial charge in [0.1, 0.15) is 5.75 Å². The second-order valence-electron chi connectivity index (χ2n) is 6.89. The van der Waals surface area contributed by atoms with Crippen molar-refractivity contribution in [3.05, 3.63) is 76.3 Å². The lowest BCUT2D eigenvalue weighted by Crippen LogP contribution is -2.50. The number of nitro groups is 1. The van der Waals surface area contributed by atoms with Crippen molar-refractivity contribution < 1.29 is 14.5 Å². The van der Waals surface area contributed by atoms with Gasteiger partial charge in [0.2, 0.25) is 0 Å². The standard InChI is InChI=1S/C22H21N3O4/c1-29-17-10-8-16(9-11-17)22(26)24-15-5-4-14-23(24)20-12-13-21(25(27)28)19-7-3-2-6-18(19)20/h2-3,6-13H,4-5,14-15H2,1H3. The van der Waals surface area contributed by atoms with Gasteiger partial charge in [-0.15, -0.1) is 0 Å². The first-order chi connectivity index (χ1) is 14.1. The lowest BCUT2D eigenvalue weighted by Gasteiger charge is -2.40. The number of carbonyl (C=O) groups excluding carboxylic acids is 1. The summed E-state index contributed by atoms with van der Waals surface area (Å²) >= 11 is 0. The number of hydrazine groups is 1. The maximum atomic E-state index is 13.2. The van der Waals surface area contributed by atoms with Gasteiger partial charge in [0.05, 0.1) is 23.1 Å². The van der Waals surface area contributed by atoms with Crippen molar-refractivity contribution in [1.82, 2.24) is 5.01 Å². The molecular weight excluding hydrogens is 370 g/mol. The lowest BCUT2D eigenvalue weighted by molar-refractivity contribution is -0.383. The second kappa shape index (κ2) is 7.79. The molecule has 0 bridgehead atoms. The molecule has 1 aliphatic rings. The Morgan fingerprint density at radius 2 is 1.66 bits per heavy atom. The van der Waals surface area contributed by atoms with Crippen LogP contribution in [0.2, 0.25) is 0 Å². The van der Waals surface area contributed by atoms with Crippen LogP contribution in [0.4, 0.5) is 11.4 Å². The van der Waals surface area contributed by atoms with Gasteiger partial charge in [-0.25, -0.2) is 5.01 Å². The molecule has 0 unspecified atom stereocenters. The predicted octanol–water partition coefficient (Wildman–Crippen LogP) is 4.41. The molecule has 0 saturated carbocycles. The van der Waals surface area contributed by atoms with Gasteiger partial charge in [-0.05, 0) is 49.2 Å². The Kier molecular flexibility index (Phi) is 5.03. The molecule has 1 heterocycles. The predicted molar refractivity (Wildman–Crippen MR) is 111 cm³/mol. The van der Waals surface area contributed by atoms with Crippen molar-refractivity contribution in [1.29, 1.82) is 0 Å². The summed E-state index contributed by atoms with van der Waals surface area (Å²) in [5.74, 6) is 0.591. The SMILES string of the molecule is COc1ccc(C(=O)N2CCCCN2c2ccc([N+](=O)[O-])c3ccccc23)cc1. The summed E-state index contributed by atoms with van der Waals surface area (Å²) in [6.45, 7) is 1.26. The third-order valence-corrected chi connectivity index (χ3v) is 5.21. The Hall–Kier alpha value is -3.61. The van der Waals surface area contributed by atoms with Crippen LogP contribution in [0, 0.1) is 10.1 Å². The van der Waals surface area contributed by atoms with Crippen molar-refractivity contribution in [3.8, 4) is 5.75 Å². The molecule has 0 spiro atoms. The van der Waals surface area contributed by atoms with E-state index in [2.05, 4.69) is 0 Å². The van der Waals surface area contributed by atoms with Crippen LogP contribution in [-0.2, 0) is 0 Å². The normalized spacial score (nSPS) is 14.1. The maximum absolute atomic E-state index is 13.2. The van der Waals surface area contributed by atoms with Gasteiger partial charge in [-0.3, -0.25) is 19.9 Å². The molecule has 0 radical (unpaired) electrons. The maximum Gasteiger partial charge on any atom is 0.277 e. The topological polar surface area (TPSA) is 75.9 Å². The molecule has 7 heteroatoms. The second-order valence-corrected chi connectivity index (χ2v) is 6.89. The smallest absolute Gasteiger partial charge is 0.277 e. The highest BCUT2D eigenvalue weighted by atomic mass is 16.6. The number of hydrogen-bond acceptors (Lipinski definition) is 5. The molecule has 0 aliphatic carbocycles. The summed E-state index contributed by atoms with van der Waals surface area (Å²) in [4.78, 5) is 24.3. The molecule has 1 amide bonds. The number of hydrogen-bond donors (Lipinski definition) is 0. The number of non-ortho nitro benzene ring substituents is 1. The quantitative estimate of drug-likeness (QED) is 0.486. The summed E-state index contributed by atoms with van der Waals surface area (Å²) in [5, 5.41) is 16.4. The summed E-state index contributed by atoms with van der Waals surface area (Å²) in [6.07, 6.45) is 1.85. The van der Waals surface area contributed by atoms with Crippen molar-refractivity contribution in [3.63, 3.8) is 0 Å². The molecule has 148 valence electrons. The van der Waals surface area contributed by atoms with Crippen molar-refractivity contribution in [2.45, 2.75) is 12.8 Å². The number of methoxy groups -OCH3 is 1. The summed E-state index contributed by atoms with van der Waals surface area (Å²) in [7, 11) is 1.59. The van der Waals surface area contributed by atoms with Crippen LogP contribution in [-0.4, -0.2) is 36.0 Å². The fourth-order valence-electron chi connectivity index (χ4n) is 3.76. The molecule has 0 aromatic heterocycles. The summed E-state index contributed by atoms with van der Waals surface area (Å²) < 4.78 is 5.17.